The molecule has 2 aromatic carbocycles. The predicted octanol–water partition coefficient (Wildman–Crippen LogP) is 3.81. The van der Waals surface area contributed by atoms with Gasteiger partial charge in [-0.15, -0.1) is 0 Å². The Hall–Kier alpha value is -7.09. The number of nitrogens with two attached hydrogens (primary N) is 2. The second-order valence-electron chi connectivity index (χ2n) is 12.2. The van der Waals surface area contributed by atoms with Crippen LogP contribution in [0.4, 0.5) is 11.9 Å². The SMILES string of the molecule is [C-]#[N+]Cc1cc(C(N)=O)cc2nc(NC(=O)c3cc(C)nn3CC)n(C/C=C/Cn3c(NC(=O)c4cc(C)nn4CC)nc4cc(C(N)=O)ccc43)c12. The van der Waals surface area contributed by atoms with E-state index in [9.17, 15) is 19.2 Å². The highest BCUT2D eigenvalue weighted by atomic mass is 16.2. The molecule has 6 rings (SSSR count). The van der Waals surface area contributed by atoms with Crippen LogP contribution in [-0.2, 0) is 32.7 Å². The Labute approximate surface area is 303 Å². The fraction of sp³-hybridized carbons (Fsp3) is 0.250. The number of imidazole rings is 2. The van der Waals surface area contributed by atoms with Crippen molar-refractivity contribution in [3.63, 3.8) is 0 Å². The molecule has 4 amide bonds. The van der Waals surface area contributed by atoms with E-state index in [1.54, 1.807) is 68.7 Å². The molecule has 4 aromatic heterocycles. The summed E-state index contributed by atoms with van der Waals surface area (Å²) >= 11 is 0. The Bertz CT molecular complexity index is 2510. The molecule has 4 heterocycles. The van der Waals surface area contributed by atoms with Gasteiger partial charge in [0, 0.05) is 37.3 Å². The molecule has 0 atom stereocenters. The highest BCUT2D eigenvalue weighted by Gasteiger charge is 2.22. The molecule has 270 valence electrons. The van der Waals surface area contributed by atoms with Crippen LogP contribution in [0.2, 0.25) is 0 Å². The van der Waals surface area contributed by atoms with Gasteiger partial charge in [0.25, 0.3) is 11.8 Å². The van der Waals surface area contributed by atoms with E-state index in [2.05, 4.69) is 35.6 Å². The van der Waals surface area contributed by atoms with Crippen LogP contribution in [0.15, 0.2) is 54.6 Å². The number of carbonyl (C=O) groups excluding carboxylic acids is 4. The zero-order valence-electron chi connectivity index (χ0n) is 29.5. The predicted molar refractivity (Wildman–Crippen MR) is 197 cm³/mol. The molecule has 0 spiro atoms. The summed E-state index contributed by atoms with van der Waals surface area (Å²) in [5.74, 6) is -1.70. The summed E-state index contributed by atoms with van der Waals surface area (Å²) in [4.78, 5) is 63.9. The summed E-state index contributed by atoms with van der Waals surface area (Å²) in [6, 6.07) is 11.3. The maximum absolute atomic E-state index is 13.5. The lowest BCUT2D eigenvalue weighted by Gasteiger charge is -2.11. The third kappa shape index (κ3) is 7.10. The quantitative estimate of drug-likeness (QED) is 0.101. The molecule has 6 N–H and O–H groups in total. The number of allylic oxidation sites excluding steroid dienone is 2. The molecule has 0 aliphatic rings. The molecule has 6 aromatic rings. The van der Waals surface area contributed by atoms with Crippen molar-refractivity contribution >= 4 is 57.6 Å². The molecule has 17 nitrogen and oxygen atoms in total. The number of anilines is 2. The van der Waals surface area contributed by atoms with Crippen LogP contribution in [0.3, 0.4) is 0 Å². The van der Waals surface area contributed by atoms with Gasteiger partial charge in [-0.1, -0.05) is 12.2 Å². The van der Waals surface area contributed by atoms with Gasteiger partial charge in [-0.05, 0) is 70.2 Å². The molecule has 0 saturated carbocycles. The van der Waals surface area contributed by atoms with Crippen LogP contribution < -0.4 is 22.1 Å². The first kappa shape index (κ1) is 35.7. The van der Waals surface area contributed by atoms with Crippen molar-refractivity contribution in [2.45, 2.75) is 60.4 Å². The van der Waals surface area contributed by atoms with Crippen molar-refractivity contribution in [3.8, 4) is 0 Å². The highest BCUT2D eigenvalue weighted by molar-refractivity contribution is 6.05. The first-order valence-corrected chi connectivity index (χ1v) is 16.7. The number of primary amides is 2. The number of amides is 4. The molecular weight excluding hydrogens is 678 g/mol. The van der Waals surface area contributed by atoms with E-state index >= 15 is 0 Å². The number of fused-ring (bicyclic) bond motifs is 2. The van der Waals surface area contributed by atoms with Crippen molar-refractivity contribution in [1.82, 2.24) is 38.7 Å². The van der Waals surface area contributed by atoms with Crippen molar-refractivity contribution in [1.29, 1.82) is 0 Å². The molecule has 17 heteroatoms. The van der Waals surface area contributed by atoms with Gasteiger partial charge >= 0.3 is 0 Å². The van der Waals surface area contributed by atoms with Crippen LogP contribution in [0.1, 0.15) is 72.5 Å². The summed E-state index contributed by atoms with van der Waals surface area (Å²) in [5, 5.41) is 14.5. The van der Waals surface area contributed by atoms with E-state index in [1.807, 2.05) is 26.0 Å². The molecule has 0 radical (unpaired) electrons. The van der Waals surface area contributed by atoms with Gasteiger partial charge in [0.2, 0.25) is 30.3 Å². The lowest BCUT2D eigenvalue weighted by Crippen LogP contribution is -2.20. The van der Waals surface area contributed by atoms with E-state index in [0.29, 0.717) is 63.5 Å². The third-order valence-corrected chi connectivity index (χ3v) is 8.55. The molecule has 0 unspecified atom stereocenters. The van der Waals surface area contributed by atoms with Crippen molar-refractivity contribution in [2.75, 3.05) is 10.6 Å². The summed E-state index contributed by atoms with van der Waals surface area (Å²) in [5.41, 5.74) is 16.2. The number of hydrogen-bond acceptors (Lipinski definition) is 8. The second-order valence-corrected chi connectivity index (χ2v) is 12.2. The van der Waals surface area contributed by atoms with E-state index in [4.69, 9.17) is 18.0 Å². The van der Waals surface area contributed by atoms with Gasteiger partial charge in [-0.25, -0.2) is 16.5 Å². The topological polar surface area (TPSA) is 220 Å². The fourth-order valence-electron chi connectivity index (χ4n) is 6.17. The standard InChI is InChI=1S/C36H37N13O4/c1-6-48-28(14-20(3)44-48)33(52)42-35-40-25-17-22(31(37)50)10-11-27(25)46(35)12-8-9-13-47-30-24(19-39-5)16-23(32(38)51)18-26(30)41-36(47)43-34(53)29-15-21(4)45-49(29)7-2/h8-11,14-18H,6-7,12-13,19H2,1-4H3,(H2,37,50)(H2,38,51)(H,40,42,52)(H,41,43,53)/b9-8+. The number of nitrogens with one attached hydrogen (secondary N) is 2. The average molecular weight is 716 g/mol. The van der Waals surface area contributed by atoms with Crippen LogP contribution in [0, 0.1) is 20.4 Å². The lowest BCUT2D eigenvalue weighted by atomic mass is 10.1. The van der Waals surface area contributed by atoms with Crippen LogP contribution in [0.25, 0.3) is 26.9 Å². The van der Waals surface area contributed by atoms with Gasteiger partial charge < -0.3 is 25.4 Å². The van der Waals surface area contributed by atoms with E-state index in [0.717, 1.165) is 0 Å². The molecular formula is C36H37N13O4. The molecule has 53 heavy (non-hydrogen) atoms. The summed E-state index contributed by atoms with van der Waals surface area (Å²) in [6.45, 7) is 16.3. The monoisotopic (exact) mass is 715 g/mol. The Morgan fingerprint density at radius 2 is 1.28 bits per heavy atom. The molecule has 0 aliphatic heterocycles. The number of carbonyl (C=O) groups is 4. The van der Waals surface area contributed by atoms with Gasteiger partial charge in [-0.2, -0.15) is 10.2 Å². The second kappa shape index (κ2) is 14.6. The summed E-state index contributed by atoms with van der Waals surface area (Å²) < 4.78 is 6.71. The lowest BCUT2D eigenvalue weighted by molar-refractivity contribution is 0.0992. The Morgan fingerprint density at radius 1 is 0.755 bits per heavy atom. The normalized spacial score (nSPS) is 11.4. The maximum Gasteiger partial charge on any atom is 0.276 e. The van der Waals surface area contributed by atoms with Crippen LogP contribution in [0.5, 0.6) is 0 Å². The van der Waals surface area contributed by atoms with Gasteiger partial charge in [-0.3, -0.25) is 39.2 Å². The van der Waals surface area contributed by atoms with E-state index in [1.165, 1.54) is 6.07 Å². The molecule has 0 fully saturated rings. The molecule has 0 saturated heterocycles. The number of rotatable bonds is 13. The number of aromatic nitrogens is 8. The summed E-state index contributed by atoms with van der Waals surface area (Å²) in [6.07, 6.45) is 3.68. The summed E-state index contributed by atoms with van der Waals surface area (Å²) in [7, 11) is 0. The van der Waals surface area contributed by atoms with Gasteiger partial charge in [0.15, 0.2) is 0 Å². The minimum absolute atomic E-state index is 0.0595. The fourth-order valence-corrected chi connectivity index (χ4v) is 6.17. The Morgan fingerprint density at radius 3 is 1.83 bits per heavy atom. The van der Waals surface area contributed by atoms with Gasteiger partial charge in [0.05, 0.1) is 39.0 Å². The average Bonchev–Trinajstić information content (AvgIpc) is 3.88. The Kier molecular flexibility index (Phi) is 9.87. The third-order valence-electron chi connectivity index (χ3n) is 8.55. The minimum Gasteiger partial charge on any atom is -0.366 e. The number of nitrogens with zero attached hydrogens (tertiary/aromatic N) is 9. The molecule has 0 bridgehead atoms. The molecule has 0 aliphatic carbocycles. The number of hydrogen-bond donors (Lipinski definition) is 4. The maximum atomic E-state index is 13.5. The zero-order valence-corrected chi connectivity index (χ0v) is 29.5. The first-order chi connectivity index (χ1) is 25.4. The first-order valence-electron chi connectivity index (χ1n) is 16.7. The van der Waals surface area contributed by atoms with Crippen molar-refractivity contribution in [3.05, 3.63) is 105 Å². The van der Waals surface area contributed by atoms with Crippen LogP contribution >= 0.6 is 0 Å². The van der Waals surface area contributed by atoms with E-state index in [-0.39, 0.29) is 42.7 Å². The smallest absolute Gasteiger partial charge is 0.276 e. The largest absolute Gasteiger partial charge is 0.366 e. The zero-order chi connectivity index (χ0) is 38.0. The highest BCUT2D eigenvalue weighted by Crippen LogP contribution is 2.27. The van der Waals surface area contributed by atoms with Crippen LogP contribution in [-0.4, -0.2) is 62.3 Å². The van der Waals surface area contributed by atoms with Gasteiger partial charge in [0.1, 0.15) is 11.4 Å². The number of aryl methyl sites for hydroxylation is 4. The van der Waals surface area contributed by atoms with Crippen molar-refractivity contribution < 1.29 is 19.2 Å². The van der Waals surface area contributed by atoms with Crippen molar-refractivity contribution in [2.24, 2.45) is 11.5 Å². The Balaban J connectivity index is 1.37. The minimum atomic E-state index is -0.673. The number of benzene rings is 2. The van der Waals surface area contributed by atoms with E-state index < -0.39 is 23.6 Å².